The zero-order valence-electron chi connectivity index (χ0n) is 10.1. The van der Waals surface area contributed by atoms with Crippen LogP contribution in [0.2, 0.25) is 0 Å². The zero-order valence-corrected chi connectivity index (χ0v) is 10.1. The summed E-state index contributed by atoms with van der Waals surface area (Å²) in [6.07, 6.45) is 2.30. The molecule has 0 amide bonds. The number of aromatic amines is 1. The van der Waals surface area contributed by atoms with E-state index in [0.29, 0.717) is 6.04 Å². The smallest absolute Gasteiger partial charge is 0.0491 e. The van der Waals surface area contributed by atoms with E-state index in [4.69, 9.17) is 0 Å². The van der Waals surface area contributed by atoms with Crippen LogP contribution >= 0.6 is 0 Å². The number of aromatic nitrogens is 1. The first kappa shape index (κ1) is 9.91. The van der Waals surface area contributed by atoms with E-state index in [9.17, 15) is 0 Å². The molecule has 84 valence electrons. The van der Waals surface area contributed by atoms with Crippen molar-refractivity contribution in [3.8, 4) is 0 Å². The molecule has 1 aromatic heterocycles. The lowest BCUT2D eigenvalue weighted by Gasteiger charge is -2.07. The van der Waals surface area contributed by atoms with Crippen LogP contribution in [0.3, 0.4) is 0 Å². The highest BCUT2D eigenvalue weighted by Crippen LogP contribution is 2.32. The van der Waals surface area contributed by atoms with Crippen molar-refractivity contribution in [1.82, 2.24) is 10.3 Å². The molecule has 0 aliphatic heterocycles. The van der Waals surface area contributed by atoms with Crippen LogP contribution in [0.4, 0.5) is 0 Å². The van der Waals surface area contributed by atoms with E-state index in [1.807, 2.05) is 7.05 Å². The van der Waals surface area contributed by atoms with Crippen LogP contribution in [0.15, 0.2) is 12.1 Å². The minimum atomic E-state index is 0.618. The zero-order chi connectivity index (χ0) is 11.3. The third kappa shape index (κ3) is 1.23. The minimum absolute atomic E-state index is 0.618. The number of hydrogen-bond donors (Lipinski definition) is 2. The second kappa shape index (κ2) is 3.36. The molecule has 0 saturated heterocycles. The van der Waals surface area contributed by atoms with E-state index < -0.39 is 0 Å². The molecule has 2 aromatic rings. The van der Waals surface area contributed by atoms with Crippen molar-refractivity contribution in [2.75, 3.05) is 7.05 Å². The van der Waals surface area contributed by atoms with Gasteiger partial charge in [0.2, 0.25) is 0 Å². The van der Waals surface area contributed by atoms with Gasteiger partial charge in [0.25, 0.3) is 0 Å². The third-order valence-corrected chi connectivity index (χ3v) is 4.01. The Morgan fingerprint density at radius 2 is 2.06 bits per heavy atom. The van der Waals surface area contributed by atoms with Crippen molar-refractivity contribution in [3.05, 3.63) is 34.5 Å². The molecule has 1 aliphatic rings. The SMILES string of the molecule is CNC1Cc2[nH]c3c(C)c(C)ccc3c2C1. The largest absolute Gasteiger partial charge is 0.358 e. The summed E-state index contributed by atoms with van der Waals surface area (Å²) in [5.74, 6) is 0. The summed E-state index contributed by atoms with van der Waals surface area (Å²) < 4.78 is 0. The Balaban J connectivity index is 2.20. The molecule has 1 unspecified atom stereocenters. The molecule has 1 aliphatic carbocycles. The first-order chi connectivity index (χ1) is 7.70. The van der Waals surface area contributed by atoms with Crippen LogP contribution in [0.25, 0.3) is 10.9 Å². The van der Waals surface area contributed by atoms with Crippen LogP contribution in [0, 0.1) is 13.8 Å². The first-order valence-corrected chi connectivity index (χ1v) is 5.97. The molecule has 2 nitrogen and oxygen atoms in total. The molecule has 1 aromatic carbocycles. The van der Waals surface area contributed by atoms with Gasteiger partial charge >= 0.3 is 0 Å². The lowest BCUT2D eigenvalue weighted by Crippen LogP contribution is -2.25. The Morgan fingerprint density at radius 1 is 1.25 bits per heavy atom. The molecule has 0 radical (unpaired) electrons. The van der Waals surface area contributed by atoms with Crippen LogP contribution in [-0.4, -0.2) is 18.1 Å². The molecule has 2 N–H and O–H groups in total. The van der Waals surface area contributed by atoms with E-state index in [1.165, 1.54) is 33.3 Å². The number of rotatable bonds is 1. The first-order valence-electron chi connectivity index (χ1n) is 5.97. The van der Waals surface area contributed by atoms with Gasteiger partial charge in [-0.25, -0.2) is 0 Å². The van der Waals surface area contributed by atoms with Crippen molar-refractivity contribution in [1.29, 1.82) is 0 Å². The number of H-pyrrole nitrogens is 1. The summed E-state index contributed by atoms with van der Waals surface area (Å²) in [6.45, 7) is 4.38. The molecule has 16 heavy (non-hydrogen) atoms. The van der Waals surface area contributed by atoms with Crippen molar-refractivity contribution in [2.45, 2.75) is 32.7 Å². The van der Waals surface area contributed by atoms with Crippen molar-refractivity contribution in [2.24, 2.45) is 0 Å². The molecule has 3 rings (SSSR count). The van der Waals surface area contributed by atoms with Gasteiger partial charge in [-0.3, -0.25) is 0 Å². The van der Waals surface area contributed by atoms with Gasteiger partial charge in [0.05, 0.1) is 0 Å². The number of likely N-dealkylation sites (N-methyl/N-ethyl adjacent to an activating group) is 1. The molecule has 0 fully saturated rings. The van der Waals surface area contributed by atoms with Gasteiger partial charge < -0.3 is 10.3 Å². The molecular weight excluding hydrogens is 196 g/mol. The fourth-order valence-electron chi connectivity index (χ4n) is 2.79. The van der Waals surface area contributed by atoms with Crippen molar-refractivity contribution in [3.63, 3.8) is 0 Å². The maximum Gasteiger partial charge on any atom is 0.0491 e. The van der Waals surface area contributed by atoms with E-state index in [-0.39, 0.29) is 0 Å². The molecule has 1 heterocycles. The quantitative estimate of drug-likeness (QED) is 0.750. The number of fused-ring (bicyclic) bond motifs is 3. The highest BCUT2D eigenvalue weighted by atomic mass is 14.9. The Morgan fingerprint density at radius 3 is 2.81 bits per heavy atom. The molecular formula is C14H18N2. The lowest BCUT2D eigenvalue weighted by molar-refractivity contribution is 0.591. The third-order valence-electron chi connectivity index (χ3n) is 4.01. The number of hydrogen-bond acceptors (Lipinski definition) is 1. The highest BCUT2D eigenvalue weighted by Gasteiger charge is 2.24. The van der Waals surface area contributed by atoms with Crippen LogP contribution in [0.1, 0.15) is 22.4 Å². The van der Waals surface area contributed by atoms with Gasteiger partial charge in [-0.05, 0) is 44.0 Å². The monoisotopic (exact) mass is 214 g/mol. The fourth-order valence-corrected chi connectivity index (χ4v) is 2.79. The Hall–Kier alpha value is -1.28. The average molecular weight is 214 g/mol. The highest BCUT2D eigenvalue weighted by molar-refractivity contribution is 5.88. The van der Waals surface area contributed by atoms with Crippen LogP contribution in [0.5, 0.6) is 0 Å². The van der Waals surface area contributed by atoms with Crippen LogP contribution < -0.4 is 5.32 Å². The van der Waals surface area contributed by atoms with Crippen molar-refractivity contribution >= 4 is 10.9 Å². The Labute approximate surface area is 96.1 Å². The van der Waals surface area contributed by atoms with Crippen LogP contribution in [-0.2, 0) is 12.8 Å². The molecule has 2 heteroatoms. The molecule has 1 atom stereocenters. The van der Waals surface area contributed by atoms with Crippen molar-refractivity contribution < 1.29 is 0 Å². The standard InChI is InChI=1S/C14H18N2/c1-8-4-5-11-12-6-10(15-3)7-13(12)16-14(11)9(8)2/h4-5,10,15-16H,6-7H2,1-3H3. The Kier molecular flexibility index (Phi) is 2.08. The second-order valence-electron chi connectivity index (χ2n) is 4.91. The number of aryl methyl sites for hydroxylation is 2. The molecule has 0 spiro atoms. The van der Waals surface area contributed by atoms with Gasteiger partial charge in [-0.2, -0.15) is 0 Å². The summed E-state index contributed by atoms with van der Waals surface area (Å²) in [7, 11) is 2.05. The van der Waals surface area contributed by atoms with Gasteiger partial charge in [0.15, 0.2) is 0 Å². The molecule has 0 saturated carbocycles. The molecule has 0 bridgehead atoms. The van der Waals surface area contributed by atoms with E-state index in [1.54, 1.807) is 0 Å². The van der Waals surface area contributed by atoms with E-state index in [2.05, 4.69) is 36.3 Å². The maximum atomic E-state index is 3.61. The van der Waals surface area contributed by atoms with Gasteiger partial charge in [0, 0.05) is 29.1 Å². The summed E-state index contributed by atoms with van der Waals surface area (Å²) in [4.78, 5) is 3.61. The summed E-state index contributed by atoms with van der Waals surface area (Å²) >= 11 is 0. The summed E-state index contributed by atoms with van der Waals surface area (Å²) in [5.41, 5.74) is 7.07. The lowest BCUT2D eigenvalue weighted by atomic mass is 10.0. The normalized spacial score (nSPS) is 19.3. The maximum absolute atomic E-state index is 3.61. The fraction of sp³-hybridized carbons (Fsp3) is 0.429. The Bertz CT molecular complexity index is 551. The van der Waals surface area contributed by atoms with Gasteiger partial charge in [-0.15, -0.1) is 0 Å². The van der Waals surface area contributed by atoms with Gasteiger partial charge in [-0.1, -0.05) is 12.1 Å². The van der Waals surface area contributed by atoms with E-state index >= 15 is 0 Å². The van der Waals surface area contributed by atoms with E-state index in [0.717, 1.165) is 12.8 Å². The number of benzene rings is 1. The second-order valence-corrected chi connectivity index (χ2v) is 4.91. The van der Waals surface area contributed by atoms with Gasteiger partial charge in [0.1, 0.15) is 0 Å². The average Bonchev–Trinajstić information content (AvgIpc) is 2.80. The topological polar surface area (TPSA) is 27.8 Å². The predicted octanol–water partition coefficient (Wildman–Crippen LogP) is 2.47. The number of nitrogens with one attached hydrogen (secondary N) is 2. The summed E-state index contributed by atoms with van der Waals surface area (Å²) in [5, 5.41) is 4.79. The summed E-state index contributed by atoms with van der Waals surface area (Å²) in [6, 6.07) is 5.12. The minimum Gasteiger partial charge on any atom is -0.358 e. The predicted molar refractivity (Wildman–Crippen MR) is 68.0 cm³/mol.